The van der Waals surface area contributed by atoms with Gasteiger partial charge in [-0.3, -0.25) is 4.79 Å². The molecule has 1 saturated heterocycles. The molecule has 2 aliphatic carbocycles. The first-order valence-corrected chi connectivity index (χ1v) is 6.59. The molecule has 18 heavy (non-hydrogen) atoms. The van der Waals surface area contributed by atoms with Crippen LogP contribution >= 0.6 is 0 Å². The van der Waals surface area contributed by atoms with Crippen LogP contribution in [0.25, 0.3) is 0 Å². The van der Waals surface area contributed by atoms with E-state index in [4.69, 9.17) is 9.47 Å². The molecule has 98 valence electrons. The van der Waals surface area contributed by atoms with Gasteiger partial charge in [0.15, 0.2) is 11.6 Å². The molecule has 1 aliphatic heterocycles. The van der Waals surface area contributed by atoms with E-state index in [1.54, 1.807) is 6.08 Å². The van der Waals surface area contributed by atoms with E-state index in [9.17, 15) is 9.59 Å². The summed E-state index contributed by atoms with van der Waals surface area (Å²) in [5.74, 6) is -1.21. The van der Waals surface area contributed by atoms with Gasteiger partial charge in [0, 0.05) is 11.8 Å². The maximum Gasteiger partial charge on any atom is 0.177 e. The van der Waals surface area contributed by atoms with Crippen LogP contribution in [0.3, 0.4) is 0 Å². The largest absolute Gasteiger partial charge is 0.347 e. The lowest BCUT2D eigenvalue weighted by Crippen LogP contribution is -2.54. The van der Waals surface area contributed by atoms with Crippen molar-refractivity contribution in [2.45, 2.75) is 38.4 Å². The van der Waals surface area contributed by atoms with Crippen molar-refractivity contribution in [1.82, 2.24) is 0 Å². The second kappa shape index (κ2) is 4.00. The van der Waals surface area contributed by atoms with E-state index in [2.05, 4.69) is 6.92 Å². The molecule has 2 fully saturated rings. The fourth-order valence-electron chi connectivity index (χ4n) is 3.68. The Labute approximate surface area is 106 Å². The van der Waals surface area contributed by atoms with Crippen LogP contribution in [0.5, 0.6) is 0 Å². The van der Waals surface area contributed by atoms with Gasteiger partial charge in [-0.2, -0.15) is 0 Å². The highest BCUT2D eigenvalue weighted by Gasteiger charge is 2.58. The van der Waals surface area contributed by atoms with Crippen LogP contribution in [0.4, 0.5) is 0 Å². The molecule has 1 heterocycles. The number of allylic oxidation sites excluding steroid dienone is 1. The summed E-state index contributed by atoms with van der Waals surface area (Å²) in [5.41, 5.74) is 0.764. The zero-order chi connectivity index (χ0) is 12.8. The minimum atomic E-state index is -0.612. The number of carbonyl (C=O) groups excluding carboxylic acids is 2. The number of ketones is 1. The molecule has 3 aliphatic rings. The van der Waals surface area contributed by atoms with Crippen LogP contribution < -0.4 is 0 Å². The molecule has 1 saturated carbocycles. The highest BCUT2D eigenvalue weighted by atomic mass is 16.7. The van der Waals surface area contributed by atoms with Crippen LogP contribution in [-0.4, -0.2) is 31.1 Å². The first-order valence-electron chi connectivity index (χ1n) is 6.59. The van der Waals surface area contributed by atoms with Crippen LogP contribution in [0.2, 0.25) is 0 Å². The summed E-state index contributed by atoms with van der Waals surface area (Å²) >= 11 is 0. The van der Waals surface area contributed by atoms with E-state index < -0.39 is 11.7 Å². The minimum Gasteiger partial charge on any atom is -0.347 e. The van der Waals surface area contributed by atoms with Gasteiger partial charge in [0.1, 0.15) is 6.29 Å². The maximum absolute atomic E-state index is 11.8. The summed E-state index contributed by atoms with van der Waals surface area (Å²) in [6, 6.07) is 0. The first kappa shape index (κ1) is 12.1. The van der Waals surface area contributed by atoms with Gasteiger partial charge >= 0.3 is 0 Å². The van der Waals surface area contributed by atoms with Gasteiger partial charge in [-0.25, -0.2) is 0 Å². The molecule has 0 N–H and O–H groups in total. The molecule has 4 heteroatoms. The molecular formula is C14H18O4. The second-order valence-corrected chi connectivity index (χ2v) is 5.65. The van der Waals surface area contributed by atoms with Crippen molar-refractivity contribution in [2.24, 2.45) is 11.3 Å². The highest BCUT2D eigenvalue weighted by molar-refractivity contribution is 6.02. The van der Waals surface area contributed by atoms with E-state index in [0.717, 1.165) is 31.1 Å². The van der Waals surface area contributed by atoms with Crippen molar-refractivity contribution in [2.75, 3.05) is 13.2 Å². The standard InChI is InChI=1S/C14H18O4/c1-13-8-10(9-15)12(16)7-11(13)3-2-4-14(13)17-5-6-18-14/h7,9-10H,2-6,8H2,1H3/t10?,13-/m0/s1. The fraction of sp³-hybridized carbons (Fsp3) is 0.714. The summed E-state index contributed by atoms with van der Waals surface area (Å²) < 4.78 is 11.8. The van der Waals surface area contributed by atoms with E-state index in [0.29, 0.717) is 19.6 Å². The number of rotatable bonds is 1. The lowest BCUT2D eigenvalue weighted by Gasteiger charge is -2.51. The molecule has 0 aromatic carbocycles. The molecule has 0 amide bonds. The van der Waals surface area contributed by atoms with Crippen LogP contribution in [0.15, 0.2) is 11.6 Å². The predicted octanol–water partition coefficient (Wildman–Crippen LogP) is 1.63. The monoisotopic (exact) mass is 250 g/mol. The number of hydrogen-bond donors (Lipinski definition) is 0. The molecule has 0 aromatic heterocycles. The smallest absolute Gasteiger partial charge is 0.177 e. The summed E-state index contributed by atoms with van der Waals surface area (Å²) in [4.78, 5) is 22.9. The zero-order valence-corrected chi connectivity index (χ0v) is 10.6. The summed E-state index contributed by atoms with van der Waals surface area (Å²) in [6.45, 7) is 3.28. The van der Waals surface area contributed by atoms with Crippen LogP contribution in [-0.2, 0) is 19.1 Å². The first-order chi connectivity index (χ1) is 8.61. The minimum absolute atomic E-state index is 0.0625. The van der Waals surface area contributed by atoms with Crippen molar-refractivity contribution >= 4 is 12.1 Å². The van der Waals surface area contributed by atoms with Crippen molar-refractivity contribution in [1.29, 1.82) is 0 Å². The van der Waals surface area contributed by atoms with E-state index in [1.807, 2.05) is 0 Å². The Morgan fingerprint density at radius 2 is 2.11 bits per heavy atom. The van der Waals surface area contributed by atoms with E-state index >= 15 is 0 Å². The number of ether oxygens (including phenoxy) is 2. The van der Waals surface area contributed by atoms with Crippen molar-refractivity contribution < 1.29 is 19.1 Å². The topological polar surface area (TPSA) is 52.6 Å². The number of fused-ring (bicyclic) bond motifs is 2. The average Bonchev–Trinajstić information content (AvgIpc) is 2.82. The third kappa shape index (κ3) is 1.45. The van der Waals surface area contributed by atoms with Gasteiger partial charge < -0.3 is 14.3 Å². The molecule has 0 radical (unpaired) electrons. The normalized spacial score (nSPS) is 38.4. The number of aldehydes is 1. The number of hydrogen-bond acceptors (Lipinski definition) is 4. The van der Waals surface area contributed by atoms with Gasteiger partial charge in [0.25, 0.3) is 0 Å². The Balaban J connectivity index is 2.05. The van der Waals surface area contributed by atoms with Gasteiger partial charge in [0.05, 0.1) is 19.1 Å². The van der Waals surface area contributed by atoms with Crippen LogP contribution in [0.1, 0.15) is 32.6 Å². The Kier molecular flexibility index (Phi) is 2.68. The van der Waals surface area contributed by atoms with Gasteiger partial charge in [-0.15, -0.1) is 0 Å². The highest BCUT2D eigenvalue weighted by Crippen LogP contribution is 2.56. The van der Waals surface area contributed by atoms with Gasteiger partial charge in [0.2, 0.25) is 0 Å². The molecule has 4 nitrogen and oxygen atoms in total. The quantitative estimate of drug-likeness (QED) is 0.524. The third-order valence-electron chi connectivity index (χ3n) is 4.73. The van der Waals surface area contributed by atoms with E-state index in [1.165, 1.54) is 0 Å². The molecule has 1 unspecified atom stereocenters. The van der Waals surface area contributed by atoms with Crippen LogP contribution in [0, 0.1) is 11.3 Å². The predicted molar refractivity (Wildman–Crippen MR) is 63.9 cm³/mol. The SMILES string of the molecule is C[C@]12CC(C=O)C(=O)C=C1CCCC21OCCO1. The summed E-state index contributed by atoms with van der Waals surface area (Å²) in [7, 11) is 0. The Morgan fingerprint density at radius 3 is 2.78 bits per heavy atom. The zero-order valence-electron chi connectivity index (χ0n) is 10.6. The van der Waals surface area contributed by atoms with Crippen molar-refractivity contribution in [3.63, 3.8) is 0 Å². The molecule has 1 spiro atoms. The third-order valence-corrected chi connectivity index (χ3v) is 4.73. The molecule has 0 bridgehead atoms. The van der Waals surface area contributed by atoms with Crippen molar-refractivity contribution in [3.8, 4) is 0 Å². The Bertz CT molecular complexity index is 420. The average molecular weight is 250 g/mol. The fourth-order valence-corrected chi connectivity index (χ4v) is 3.68. The maximum atomic E-state index is 11.8. The lowest BCUT2D eigenvalue weighted by molar-refractivity contribution is -0.238. The van der Waals surface area contributed by atoms with E-state index in [-0.39, 0.29) is 11.2 Å². The molecule has 0 aromatic rings. The van der Waals surface area contributed by atoms with Crippen molar-refractivity contribution in [3.05, 3.63) is 11.6 Å². The Hall–Kier alpha value is -1.00. The summed E-state index contributed by atoms with van der Waals surface area (Å²) in [6.07, 6.45) is 5.66. The lowest BCUT2D eigenvalue weighted by atomic mass is 9.60. The van der Waals surface area contributed by atoms with Gasteiger partial charge in [-0.1, -0.05) is 12.5 Å². The molecule has 3 rings (SSSR count). The molecular weight excluding hydrogens is 232 g/mol. The van der Waals surface area contributed by atoms with Gasteiger partial charge in [-0.05, 0) is 25.3 Å². The Morgan fingerprint density at radius 1 is 1.39 bits per heavy atom. The molecule has 2 atom stereocenters. The summed E-state index contributed by atoms with van der Waals surface area (Å²) in [5, 5.41) is 0. The second-order valence-electron chi connectivity index (χ2n) is 5.65. The number of carbonyl (C=O) groups is 2.